The van der Waals surface area contributed by atoms with Crippen LogP contribution in [0.5, 0.6) is 0 Å². The standard InChI is InChI=1S/C16H13ClN4O2/c17-13-5-3-11(4-6-13)16-21-20-14(23-16)7-9-19-15(22)12-2-1-8-18-10-12/h1-6,8,10H,7,9H2,(H,19,22). The number of aromatic nitrogens is 3. The van der Waals surface area contributed by atoms with Crippen molar-refractivity contribution < 1.29 is 9.21 Å². The summed E-state index contributed by atoms with van der Waals surface area (Å²) in [6.07, 6.45) is 3.58. The van der Waals surface area contributed by atoms with Gasteiger partial charge in [-0.2, -0.15) is 0 Å². The molecule has 0 aliphatic heterocycles. The Labute approximate surface area is 137 Å². The Kier molecular flexibility index (Phi) is 4.63. The number of rotatable bonds is 5. The SMILES string of the molecule is O=C(NCCc1nnc(-c2ccc(Cl)cc2)o1)c1cccnc1. The van der Waals surface area contributed by atoms with Gasteiger partial charge in [0.2, 0.25) is 11.8 Å². The first-order chi connectivity index (χ1) is 11.2. The molecular formula is C16H13ClN4O2. The van der Waals surface area contributed by atoms with E-state index < -0.39 is 0 Å². The Morgan fingerprint density at radius 1 is 1.17 bits per heavy atom. The normalized spacial score (nSPS) is 10.5. The minimum Gasteiger partial charge on any atom is -0.421 e. The van der Waals surface area contributed by atoms with Crippen LogP contribution in [0.2, 0.25) is 5.02 Å². The fraction of sp³-hybridized carbons (Fsp3) is 0.125. The van der Waals surface area contributed by atoms with Crippen molar-refractivity contribution in [2.75, 3.05) is 6.54 Å². The van der Waals surface area contributed by atoms with E-state index in [2.05, 4.69) is 20.5 Å². The molecule has 6 nitrogen and oxygen atoms in total. The van der Waals surface area contributed by atoms with E-state index in [1.54, 1.807) is 30.5 Å². The fourth-order valence-corrected chi connectivity index (χ4v) is 2.07. The van der Waals surface area contributed by atoms with E-state index >= 15 is 0 Å². The Balaban J connectivity index is 1.55. The Bertz CT molecular complexity index is 787. The molecule has 0 saturated heterocycles. The maximum atomic E-state index is 11.9. The van der Waals surface area contributed by atoms with Gasteiger partial charge in [0.15, 0.2) is 0 Å². The van der Waals surface area contributed by atoms with Crippen molar-refractivity contribution in [3.05, 3.63) is 65.3 Å². The predicted molar refractivity (Wildman–Crippen MR) is 85.0 cm³/mol. The fourth-order valence-electron chi connectivity index (χ4n) is 1.95. The molecule has 0 spiro atoms. The smallest absolute Gasteiger partial charge is 0.252 e. The van der Waals surface area contributed by atoms with Gasteiger partial charge >= 0.3 is 0 Å². The highest BCUT2D eigenvalue weighted by Crippen LogP contribution is 2.20. The topological polar surface area (TPSA) is 80.9 Å². The molecule has 7 heteroatoms. The monoisotopic (exact) mass is 328 g/mol. The second-order valence-electron chi connectivity index (χ2n) is 4.76. The van der Waals surface area contributed by atoms with Crippen molar-refractivity contribution in [3.63, 3.8) is 0 Å². The van der Waals surface area contributed by atoms with Crippen LogP contribution in [0.15, 0.2) is 53.2 Å². The third-order valence-corrected chi connectivity index (χ3v) is 3.36. The van der Waals surface area contributed by atoms with Crippen molar-refractivity contribution in [2.24, 2.45) is 0 Å². The highest BCUT2D eigenvalue weighted by Gasteiger charge is 2.09. The van der Waals surface area contributed by atoms with Gasteiger partial charge in [-0.15, -0.1) is 10.2 Å². The van der Waals surface area contributed by atoms with Gasteiger partial charge in [0.05, 0.1) is 5.56 Å². The van der Waals surface area contributed by atoms with Crippen molar-refractivity contribution in [1.29, 1.82) is 0 Å². The maximum Gasteiger partial charge on any atom is 0.252 e. The number of carbonyl (C=O) groups is 1. The zero-order chi connectivity index (χ0) is 16.1. The van der Waals surface area contributed by atoms with E-state index in [4.69, 9.17) is 16.0 Å². The van der Waals surface area contributed by atoms with Crippen molar-refractivity contribution >= 4 is 17.5 Å². The molecule has 1 amide bonds. The van der Waals surface area contributed by atoms with Crippen LogP contribution >= 0.6 is 11.6 Å². The van der Waals surface area contributed by atoms with Gasteiger partial charge < -0.3 is 9.73 Å². The third kappa shape index (κ3) is 3.92. The molecule has 1 N–H and O–H groups in total. The Morgan fingerprint density at radius 3 is 2.74 bits per heavy atom. The number of hydrogen-bond acceptors (Lipinski definition) is 5. The van der Waals surface area contributed by atoms with Crippen LogP contribution in [-0.2, 0) is 6.42 Å². The van der Waals surface area contributed by atoms with E-state index in [1.807, 2.05) is 12.1 Å². The van der Waals surface area contributed by atoms with Crippen molar-refractivity contribution in [3.8, 4) is 11.5 Å². The molecular weight excluding hydrogens is 316 g/mol. The molecule has 0 saturated carbocycles. The molecule has 3 rings (SSSR count). The van der Waals surface area contributed by atoms with Crippen LogP contribution in [0.1, 0.15) is 16.2 Å². The summed E-state index contributed by atoms with van der Waals surface area (Å²) in [6, 6.07) is 10.6. The van der Waals surface area contributed by atoms with Crippen LogP contribution in [0.3, 0.4) is 0 Å². The first-order valence-electron chi connectivity index (χ1n) is 6.99. The number of hydrogen-bond donors (Lipinski definition) is 1. The van der Waals surface area contributed by atoms with Crippen LogP contribution in [0, 0.1) is 0 Å². The van der Waals surface area contributed by atoms with Gasteiger partial charge in [-0.1, -0.05) is 11.6 Å². The van der Waals surface area contributed by atoms with Gasteiger partial charge in [0.1, 0.15) is 0 Å². The lowest BCUT2D eigenvalue weighted by molar-refractivity contribution is 0.0953. The summed E-state index contributed by atoms with van der Waals surface area (Å²) in [5.74, 6) is 0.701. The molecule has 23 heavy (non-hydrogen) atoms. The average molecular weight is 329 g/mol. The van der Waals surface area contributed by atoms with Gasteiger partial charge in [0.25, 0.3) is 5.91 Å². The number of halogens is 1. The first-order valence-corrected chi connectivity index (χ1v) is 7.37. The number of nitrogens with one attached hydrogen (secondary N) is 1. The molecule has 2 heterocycles. The van der Waals surface area contributed by atoms with Gasteiger partial charge in [-0.25, -0.2) is 0 Å². The van der Waals surface area contributed by atoms with E-state index in [0.29, 0.717) is 35.3 Å². The van der Waals surface area contributed by atoms with Crippen LogP contribution < -0.4 is 5.32 Å². The number of benzene rings is 1. The molecule has 0 atom stereocenters. The first kappa shape index (κ1) is 15.2. The number of pyridine rings is 1. The second kappa shape index (κ2) is 7.02. The molecule has 3 aromatic rings. The van der Waals surface area contributed by atoms with Crippen LogP contribution in [0.4, 0.5) is 0 Å². The molecule has 0 unspecified atom stereocenters. The molecule has 0 aliphatic carbocycles. The van der Waals surface area contributed by atoms with Crippen molar-refractivity contribution in [1.82, 2.24) is 20.5 Å². The highest BCUT2D eigenvalue weighted by molar-refractivity contribution is 6.30. The van der Waals surface area contributed by atoms with Crippen molar-refractivity contribution in [2.45, 2.75) is 6.42 Å². The summed E-state index contributed by atoms with van der Waals surface area (Å²) in [7, 11) is 0. The van der Waals surface area contributed by atoms with E-state index in [0.717, 1.165) is 5.56 Å². The number of carbonyl (C=O) groups excluding carboxylic acids is 1. The van der Waals surface area contributed by atoms with Gasteiger partial charge in [-0.05, 0) is 36.4 Å². The lowest BCUT2D eigenvalue weighted by atomic mass is 10.2. The zero-order valence-electron chi connectivity index (χ0n) is 12.1. The largest absolute Gasteiger partial charge is 0.421 e. The number of amides is 1. The molecule has 0 aliphatic rings. The quantitative estimate of drug-likeness (QED) is 0.779. The summed E-state index contributed by atoms with van der Waals surface area (Å²) in [6.45, 7) is 0.399. The Morgan fingerprint density at radius 2 is 2.00 bits per heavy atom. The summed E-state index contributed by atoms with van der Waals surface area (Å²) >= 11 is 5.84. The van der Waals surface area contributed by atoms with Crippen LogP contribution in [0.25, 0.3) is 11.5 Å². The zero-order valence-corrected chi connectivity index (χ0v) is 12.8. The summed E-state index contributed by atoms with van der Waals surface area (Å²) in [5, 5.41) is 11.4. The van der Waals surface area contributed by atoms with Gasteiger partial charge in [-0.3, -0.25) is 9.78 Å². The predicted octanol–water partition coefficient (Wildman–Crippen LogP) is 2.76. The van der Waals surface area contributed by atoms with E-state index in [-0.39, 0.29) is 5.91 Å². The molecule has 0 radical (unpaired) electrons. The average Bonchev–Trinajstić information content (AvgIpc) is 3.05. The summed E-state index contributed by atoms with van der Waals surface area (Å²) < 4.78 is 5.57. The minimum atomic E-state index is -0.185. The van der Waals surface area contributed by atoms with Crippen LogP contribution in [-0.4, -0.2) is 27.6 Å². The maximum absolute atomic E-state index is 11.9. The molecule has 0 bridgehead atoms. The highest BCUT2D eigenvalue weighted by atomic mass is 35.5. The lowest BCUT2D eigenvalue weighted by Crippen LogP contribution is -2.25. The minimum absolute atomic E-state index is 0.185. The summed E-state index contributed by atoms with van der Waals surface area (Å²) in [4.78, 5) is 15.8. The molecule has 116 valence electrons. The van der Waals surface area contributed by atoms with E-state index in [1.165, 1.54) is 6.20 Å². The molecule has 1 aromatic carbocycles. The summed E-state index contributed by atoms with van der Waals surface area (Å²) in [5.41, 5.74) is 1.31. The van der Waals surface area contributed by atoms with Gasteiger partial charge in [0, 0.05) is 35.9 Å². The lowest BCUT2D eigenvalue weighted by Gasteiger charge is -2.02. The van der Waals surface area contributed by atoms with E-state index in [9.17, 15) is 4.79 Å². The molecule has 2 aromatic heterocycles. The Hall–Kier alpha value is -2.73. The number of nitrogens with zero attached hydrogens (tertiary/aromatic N) is 3. The molecule has 0 fully saturated rings. The second-order valence-corrected chi connectivity index (χ2v) is 5.19. The third-order valence-electron chi connectivity index (χ3n) is 3.11.